The van der Waals surface area contributed by atoms with Crippen molar-refractivity contribution in [3.8, 4) is 0 Å². The summed E-state index contributed by atoms with van der Waals surface area (Å²) >= 11 is 0. The zero-order chi connectivity index (χ0) is 17.5. The average molecular weight is 351 g/mol. The first-order chi connectivity index (χ1) is 12.2. The van der Waals surface area contributed by atoms with Crippen LogP contribution in [0.15, 0.2) is 0 Å². The van der Waals surface area contributed by atoms with E-state index in [0.29, 0.717) is 18.4 Å². The number of piperazine rings is 1. The van der Waals surface area contributed by atoms with Crippen LogP contribution in [0.3, 0.4) is 0 Å². The molecular formula is C19H34N4O2. The van der Waals surface area contributed by atoms with Gasteiger partial charge in [-0.3, -0.25) is 9.59 Å². The minimum Gasteiger partial charge on any atom is -0.353 e. The lowest BCUT2D eigenvalue weighted by Gasteiger charge is -2.33. The molecule has 3 fully saturated rings. The largest absolute Gasteiger partial charge is 0.353 e. The van der Waals surface area contributed by atoms with E-state index in [9.17, 15) is 9.59 Å². The molecule has 3 aliphatic rings. The fourth-order valence-corrected chi connectivity index (χ4v) is 4.39. The molecule has 1 saturated carbocycles. The van der Waals surface area contributed by atoms with Gasteiger partial charge < -0.3 is 20.4 Å². The number of carbonyl (C=O) groups is 2. The van der Waals surface area contributed by atoms with E-state index in [1.54, 1.807) is 0 Å². The fraction of sp³-hybridized carbons (Fsp3) is 0.895. The summed E-state index contributed by atoms with van der Waals surface area (Å²) in [4.78, 5) is 28.7. The van der Waals surface area contributed by atoms with Gasteiger partial charge in [-0.05, 0) is 31.6 Å². The van der Waals surface area contributed by atoms with Crippen LogP contribution < -0.4 is 10.6 Å². The van der Waals surface area contributed by atoms with Gasteiger partial charge >= 0.3 is 0 Å². The standard InChI is InChI=1S/C19H34N4O2/c24-18(15-16-3-1-2-4-16)21-17-5-10-22(11-6-17)12-7-19(25)23-13-8-20-9-14-23/h16-17,20H,1-15H2,(H,21,24). The first-order valence-electron chi connectivity index (χ1n) is 10.2. The van der Waals surface area contributed by atoms with E-state index in [0.717, 1.165) is 65.1 Å². The molecule has 3 rings (SSSR count). The second-order valence-corrected chi connectivity index (χ2v) is 7.92. The molecule has 0 aromatic heterocycles. The van der Waals surface area contributed by atoms with Crippen molar-refractivity contribution >= 4 is 11.8 Å². The Morgan fingerprint density at radius 3 is 2.32 bits per heavy atom. The van der Waals surface area contributed by atoms with E-state index in [1.807, 2.05) is 4.90 Å². The van der Waals surface area contributed by atoms with Gasteiger partial charge in [0.1, 0.15) is 0 Å². The average Bonchev–Trinajstić information content (AvgIpc) is 3.14. The summed E-state index contributed by atoms with van der Waals surface area (Å²) in [5, 5.41) is 6.51. The minimum absolute atomic E-state index is 0.249. The Hall–Kier alpha value is -1.14. The third-order valence-corrected chi connectivity index (χ3v) is 6.01. The van der Waals surface area contributed by atoms with Crippen molar-refractivity contribution in [2.75, 3.05) is 45.8 Å². The molecular weight excluding hydrogens is 316 g/mol. The molecule has 0 bridgehead atoms. The van der Waals surface area contributed by atoms with Gasteiger partial charge in [-0.1, -0.05) is 12.8 Å². The molecule has 1 aliphatic carbocycles. The maximum Gasteiger partial charge on any atom is 0.223 e. The van der Waals surface area contributed by atoms with Crippen LogP contribution in [0.2, 0.25) is 0 Å². The molecule has 2 aliphatic heterocycles. The van der Waals surface area contributed by atoms with Crippen LogP contribution in [0, 0.1) is 5.92 Å². The van der Waals surface area contributed by atoms with Gasteiger partial charge in [0.05, 0.1) is 0 Å². The summed E-state index contributed by atoms with van der Waals surface area (Å²) in [5.74, 6) is 1.16. The smallest absolute Gasteiger partial charge is 0.223 e. The zero-order valence-electron chi connectivity index (χ0n) is 15.5. The molecule has 0 aromatic rings. The lowest BCUT2D eigenvalue weighted by molar-refractivity contribution is -0.132. The Balaban J connectivity index is 1.29. The predicted molar refractivity (Wildman–Crippen MR) is 98.2 cm³/mol. The van der Waals surface area contributed by atoms with Crippen molar-refractivity contribution in [2.45, 2.75) is 57.4 Å². The molecule has 6 nitrogen and oxygen atoms in total. The molecule has 142 valence electrons. The Morgan fingerprint density at radius 1 is 0.960 bits per heavy atom. The molecule has 25 heavy (non-hydrogen) atoms. The van der Waals surface area contributed by atoms with E-state index in [-0.39, 0.29) is 11.8 Å². The number of nitrogens with zero attached hydrogens (tertiary/aromatic N) is 2. The fourth-order valence-electron chi connectivity index (χ4n) is 4.39. The second-order valence-electron chi connectivity index (χ2n) is 7.92. The number of piperidine rings is 1. The lowest BCUT2D eigenvalue weighted by Crippen LogP contribution is -2.48. The molecule has 0 atom stereocenters. The number of amides is 2. The van der Waals surface area contributed by atoms with Gasteiger partial charge in [-0.2, -0.15) is 0 Å². The molecule has 2 heterocycles. The molecule has 2 N–H and O–H groups in total. The van der Waals surface area contributed by atoms with Gasteiger partial charge in [0.25, 0.3) is 0 Å². The van der Waals surface area contributed by atoms with Crippen LogP contribution in [0.25, 0.3) is 0 Å². The van der Waals surface area contributed by atoms with Gasteiger partial charge in [-0.25, -0.2) is 0 Å². The number of hydrogen-bond acceptors (Lipinski definition) is 4. The summed E-state index contributed by atoms with van der Waals surface area (Å²) in [6.45, 7) is 6.34. The van der Waals surface area contributed by atoms with E-state index in [1.165, 1.54) is 25.7 Å². The maximum atomic E-state index is 12.2. The van der Waals surface area contributed by atoms with Crippen molar-refractivity contribution < 1.29 is 9.59 Å². The number of nitrogens with one attached hydrogen (secondary N) is 2. The van der Waals surface area contributed by atoms with Crippen molar-refractivity contribution in [3.63, 3.8) is 0 Å². The molecule has 0 radical (unpaired) electrons. The molecule has 2 amide bonds. The Labute approximate surface area is 151 Å². The van der Waals surface area contributed by atoms with Crippen LogP contribution in [0.5, 0.6) is 0 Å². The Kier molecular flexibility index (Phi) is 7.11. The van der Waals surface area contributed by atoms with Crippen molar-refractivity contribution in [1.82, 2.24) is 20.4 Å². The summed E-state index contributed by atoms with van der Waals surface area (Å²) in [6, 6.07) is 0.328. The van der Waals surface area contributed by atoms with Gasteiger partial charge in [-0.15, -0.1) is 0 Å². The van der Waals surface area contributed by atoms with Crippen molar-refractivity contribution in [1.29, 1.82) is 0 Å². The van der Waals surface area contributed by atoms with Crippen LogP contribution in [0.4, 0.5) is 0 Å². The minimum atomic E-state index is 0.249. The molecule has 0 spiro atoms. The van der Waals surface area contributed by atoms with E-state index in [2.05, 4.69) is 15.5 Å². The topological polar surface area (TPSA) is 64.7 Å². The summed E-state index contributed by atoms with van der Waals surface area (Å²) < 4.78 is 0. The molecule has 0 unspecified atom stereocenters. The quantitative estimate of drug-likeness (QED) is 0.749. The highest BCUT2D eigenvalue weighted by molar-refractivity contribution is 5.77. The maximum absolute atomic E-state index is 12.2. The molecule has 2 saturated heterocycles. The summed E-state index contributed by atoms with van der Waals surface area (Å²) in [5.41, 5.74) is 0. The van der Waals surface area contributed by atoms with Crippen LogP contribution in [0.1, 0.15) is 51.4 Å². The Bertz CT molecular complexity index is 437. The summed E-state index contributed by atoms with van der Waals surface area (Å²) in [7, 11) is 0. The zero-order valence-corrected chi connectivity index (χ0v) is 15.5. The van der Waals surface area contributed by atoms with Crippen LogP contribution in [-0.4, -0.2) is 73.5 Å². The van der Waals surface area contributed by atoms with Crippen molar-refractivity contribution in [2.24, 2.45) is 5.92 Å². The number of carbonyl (C=O) groups excluding carboxylic acids is 2. The highest BCUT2D eigenvalue weighted by Crippen LogP contribution is 2.27. The number of rotatable bonds is 6. The first kappa shape index (κ1) is 18.6. The van der Waals surface area contributed by atoms with Crippen LogP contribution in [-0.2, 0) is 9.59 Å². The first-order valence-corrected chi connectivity index (χ1v) is 10.2. The van der Waals surface area contributed by atoms with Crippen molar-refractivity contribution in [3.05, 3.63) is 0 Å². The van der Waals surface area contributed by atoms with Crippen LogP contribution >= 0.6 is 0 Å². The van der Waals surface area contributed by atoms with E-state index in [4.69, 9.17) is 0 Å². The SMILES string of the molecule is O=C(CC1CCCC1)NC1CCN(CCC(=O)N2CCNCC2)CC1. The third-order valence-electron chi connectivity index (χ3n) is 6.01. The third kappa shape index (κ3) is 5.96. The van der Waals surface area contributed by atoms with E-state index < -0.39 is 0 Å². The summed E-state index contributed by atoms with van der Waals surface area (Å²) in [6.07, 6.45) is 8.42. The molecule has 6 heteroatoms. The number of hydrogen-bond donors (Lipinski definition) is 2. The number of likely N-dealkylation sites (tertiary alicyclic amines) is 1. The highest BCUT2D eigenvalue weighted by Gasteiger charge is 2.24. The van der Waals surface area contributed by atoms with Gasteiger partial charge in [0.15, 0.2) is 0 Å². The van der Waals surface area contributed by atoms with E-state index >= 15 is 0 Å². The predicted octanol–water partition coefficient (Wildman–Crippen LogP) is 0.969. The normalized spacial score (nSPS) is 23.8. The second kappa shape index (κ2) is 9.53. The Morgan fingerprint density at radius 2 is 1.64 bits per heavy atom. The molecule has 0 aromatic carbocycles. The highest BCUT2D eigenvalue weighted by atomic mass is 16.2. The lowest BCUT2D eigenvalue weighted by atomic mass is 10.0. The monoisotopic (exact) mass is 350 g/mol. The van der Waals surface area contributed by atoms with Gasteiger partial charge in [0.2, 0.25) is 11.8 Å². The van der Waals surface area contributed by atoms with Gasteiger partial charge in [0, 0.05) is 64.7 Å².